The van der Waals surface area contributed by atoms with Crippen LogP contribution in [0.2, 0.25) is 0 Å². The van der Waals surface area contributed by atoms with Gasteiger partial charge in [0.15, 0.2) is 0 Å². The fourth-order valence-electron chi connectivity index (χ4n) is 1.77. The molecule has 21 heavy (non-hydrogen) atoms. The van der Waals surface area contributed by atoms with Crippen molar-refractivity contribution in [3.63, 3.8) is 0 Å². The molecule has 1 aromatic carbocycles. The van der Waals surface area contributed by atoms with Gasteiger partial charge in [-0.2, -0.15) is 15.0 Å². The lowest BCUT2D eigenvalue weighted by atomic mass is 10.3. The standard InChI is InChI=1S/C13H18N6O2/c1-4-21-13-16-11(18-14)15-12(17-13)19(2)9-7-5-6-8-10(9)20-3/h5-8H,4,14H2,1-3H3,(H,15,16,17,18). The quantitative estimate of drug-likeness (QED) is 0.607. The topological polar surface area (TPSA) is 98.4 Å². The number of ether oxygens (including phenoxy) is 2. The molecule has 8 nitrogen and oxygen atoms in total. The molecule has 2 rings (SSSR count). The molecule has 1 aromatic heterocycles. The number of hydrogen-bond acceptors (Lipinski definition) is 8. The van der Waals surface area contributed by atoms with Crippen molar-refractivity contribution in [3.8, 4) is 11.8 Å². The van der Waals surface area contributed by atoms with Crippen LogP contribution in [-0.4, -0.2) is 35.7 Å². The summed E-state index contributed by atoms with van der Waals surface area (Å²) >= 11 is 0. The highest BCUT2D eigenvalue weighted by atomic mass is 16.5. The van der Waals surface area contributed by atoms with Gasteiger partial charge in [-0.25, -0.2) is 5.84 Å². The average Bonchev–Trinajstić information content (AvgIpc) is 2.54. The number of para-hydroxylation sites is 2. The van der Waals surface area contributed by atoms with Gasteiger partial charge < -0.3 is 14.4 Å². The first-order valence-corrected chi connectivity index (χ1v) is 6.41. The highest BCUT2D eigenvalue weighted by Crippen LogP contribution is 2.31. The molecule has 0 aliphatic heterocycles. The molecule has 0 saturated heterocycles. The zero-order valence-corrected chi connectivity index (χ0v) is 12.2. The minimum atomic E-state index is 0.206. The number of methoxy groups -OCH3 is 1. The first-order chi connectivity index (χ1) is 10.2. The lowest BCUT2D eigenvalue weighted by Gasteiger charge is -2.20. The van der Waals surface area contributed by atoms with Gasteiger partial charge in [-0.3, -0.25) is 5.43 Å². The second-order valence-corrected chi connectivity index (χ2v) is 4.05. The fraction of sp³-hybridized carbons (Fsp3) is 0.308. The maximum absolute atomic E-state index is 5.38. The largest absolute Gasteiger partial charge is 0.495 e. The van der Waals surface area contributed by atoms with E-state index in [1.165, 1.54) is 0 Å². The van der Waals surface area contributed by atoms with Gasteiger partial charge in [-0.1, -0.05) is 12.1 Å². The number of nitrogen functional groups attached to an aromatic ring is 1. The first-order valence-electron chi connectivity index (χ1n) is 6.41. The zero-order chi connectivity index (χ0) is 15.2. The molecule has 1 heterocycles. The van der Waals surface area contributed by atoms with Crippen molar-refractivity contribution in [1.29, 1.82) is 0 Å². The van der Waals surface area contributed by atoms with E-state index in [-0.39, 0.29) is 12.0 Å². The number of rotatable bonds is 6. The van der Waals surface area contributed by atoms with Gasteiger partial charge in [0.25, 0.3) is 0 Å². The third kappa shape index (κ3) is 3.29. The van der Waals surface area contributed by atoms with E-state index in [1.807, 2.05) is 38.2 Å². The Bertz CT molecular complexity index is 607. The van der Waals surface area contributed by atoms with Gasteiger partial charge in [-0.05, 0) is 19.1 Å². The van der Waals surface area contributed by atoms with Crippen LogP contribution in [0.3, 0.4) is 0 Å². The summed E-state index contributed by atoms with van der Waals surface area (Å²) in [6.45, 7) is 2.30. The molecule has 0 radical (unpaired) electrons. The van der Waals surface area contributed by atoms with Crippen molar-refractivity contribution in [3.05, 3.63) is 24.3 Å². The number of nitrogens with two attached hydrogens (primary N) is 1. The van der Waals surface area contributed by atoms with Crippen LogP contribution in [-0.2, 0) is 0 Å². The molecule has 0 saturated carbocycles. The van der Waals surface area contributed by atoms with E-state index in [2.05, 4.69) is 20.4 Å². The normalized spacial score (nSPS) is 10.1. The van der Waals surface area contributed by atoms with Crippen molar-refractivity contribution in [2.75, 3.05) is 31.1 Å². The molecule has 0 atom stereocenters. The van der Waals surface area contributed by atoms with Crippen molar-refractivity contribution < 1.29 is 9.47 Å². The molecular weight excluding hydrogens is 272 g/mol. The van der Waals surface area contributed by atoms with E-state index < -0.39 is 0 Å². The van der Waals surface area contributed by atoms with Gasteiger partial charge in [0.05, 0.1) is 19.4 Å². The van der Waals surface area contributed by atoms with Crippen LogP contribution in [0.5, 0.6) is 11.8 Å². The predicted molar refractivity (Wildman–Crippen MR) is 79.9 cm³/mol. The van der Waals surface area contributed by atoms with E-state index in [9.17, 15) is 0 Å². The Balaban J connectivity index is 2.42. The molecule has 0 fully saturated rings. The third-order valence-corrected chi connectivity index (χ3v) is 2.75. The Labute approximate surface area is 122 Å². The molecule has 8 heteroatoms. The summed E-state index contributed by atoms with van der Waals surface area (Å²) in [5.41, 5.74) is 3.22. The van der Waals surface area contributed by atoms with Gasteiger partial charge in [0.2, 0.25) is 11.9 Å². The molecule has 3 N–H and O–H groups in total. The number of nitrogens with zero attached hydrogens (tertiary/aromatic N) is 4. The highest BCUT2D eigenvalue weighted by Gasteiger charge is 2.15. The minimum Gasteiger partial charge on any atom is -0.495 e. The van der Waals surface area contributed by atoms with Gasteiger partial charge in [0, 0.05) is 7.05 Å². The molecule has 0 aliphatic rings. The van der Waals surface area contributed by atoms with Crippen molar-refractivity contribution >= 4 is 17.6 Å². The van der Waals surface area contributed by atoms with Crippen LogP contribution in [0, 0.1) is 0 Å². The molecule has 0 bridgehead atoms. The van der Waals surface area contributed by atoms with Crippen LogP contribution >= 0.6 is 0 Å². The summed E-state index contributed by atoms with van der Waals surface area (Å²) in [5, 5.41) is 0. The van der Waals surface area contributed by atoms with E-state index in [4.69, 9.17) is 15.3 Å². The van der Waals surface area contributed by atoms with Crippen LogP contribution in [0.15, 0.2) is 24.3 Å². The summed E-state index contributed by atoms with van der Waals surface area (Å²) in [6, 6.07) is 7.76. The minimum absolute atomic E-state index is 0.206. The summed E-state index contributed by atoms with van der Waals surface area (Å²) in [4.78, 5) is 14.3. The van der Waals surface area contributed by atoms with Crippen LogP contribution in [0.4, 0.5) is 17.6 Å². The van der Waals surface area contributed by atoms with Gasteiger partial charge in [0.1, 0.15) is 5.75 Å². The average molecular weight is 290 g/mol. The first kappa shape index (κ1) is 14.8. The third-order valence-electron chi connectivity index (χ3n) is 2.75. The second kappa shape index (κ2) is 6.71. The fourth-order valence-corrected chi connectivity index (χ4v) is 1.77. The number of hydrogen-bond donors (Lipinski definition) is 2. The van der Waals surface area contributed by atoms with Crippen LogP contribution < -0.4 is 25.6 Å². The maximum atomic E-state index is 5.38. The number of anilines is 3. The summed E-state index contributed by atoms with van der Waals surface area (Å²) in [5.74, 6) is 6.71. The summed E-state index contributed by atoms with van der Waals surface area (Å²) in [7, 11) is 3.43. The summed E-state index contributed by atoms with van der Waals surface area (Å²) in [6.07, 6.45) is 0. The van der Waals surface area contributed by atoms with Crippen LogP contribution in [0.1, 0.15) is 6.92 Å². The molecule has 0 unspecified atom stereocenters. The lowest BCUT2D eigenvalue weighted by molar-refractivity contribution is 0.312. The smallest absolute Gasteiger partial charge is 0.323 e. The van der Waals surface area contributed by atoms with Crippen molar-refractivity contribution in [2.24, 2.45) is 5.84 Å². The molecular formula is C13H18N6O2. The SMILES string of the molecule is CCOc1nc(NN)nc(N(C)c2ccccc2OC)n1. The number of hydrazine groups is 1. The Morgan fingerprint density at radius 2 is 2.00 bits per heavy atom. The van der Waals surface area contributed by atoms with Gasteiger partial charge in [-0.15, -0.1) is 0 Å². The Morgan fingerprint density at radius 3 is 2.67 bits per heavy atom. The Morgan fingerprint density at radius 1 is 1.24 bits per heavy atom. The molecule has 0 aliphatic carbocycles. The Hall–Kier alpha value is -2.61. The van der Waals surface area contributed by atoms with Crippen molar-refractivity contribution in [2.45, 2.75) is 6.92 Å². The highest BCUT2D eigenvalue weighted by molar-refractivity contribution is 5.65. The monoisotopic (exact) mass is 290 g/mol. The zero-order valence-electron chi connectivity index (χ0n) is 12.2. The maximum Gasteiger partial charge on any atom is 0.323 e. The predicted octanol–water partition coefficient (Wildman–Crippen LogP) is 1.33. The lowest BCUT2D eigenvalue weighted by Crippen LogP contribution is -2.18. The van der Waals surface area contributed by atoms with E-state index >= 15 is 0 Å². The number of benzene rings is 1. The van der Waals surface area contributed by atoms with E-state index in [0.717, 1.165) is 5.69 Å². The van der Waals surface area contributed by atoms with E-state index in [1.54, 1.807) is 12.0 Å². The number of nitrogens with one attached hydrogen (secondary N) is 1. The van der Waals surface area contributed by atoms with Gasteiger partial charge >= 0.3 is 6.01 Å². The molecule has 2 aromatic rings. The summed E-state index contributed by atoms with van der Waals surface area (Å²) < 4.78 is 10.7. The Kier molecular flexibility index (Phi) is 4.72. The van der Waals surface area contributed by atoms with Crippen molar-refractivity contribution in [1.82, 2.24) is 15.0 Å². The number of aromatic nitrogens is 3. The molecule has 0 amide bonds. The molecule has 112 valence electrons. The van der Waals surface area contributed by atoms with E-state index in [0.29, 0.717) is 18.3 Å². The second-order valence-electron chi connectivity index (χ2n) is 4.05. The van der Waals surface area contributed by atoms with Crippen LogP contribution in [0.25, 0.3) is 0 Å². The molecule has 0 spiro atoms.